The second kappa shape index (κ2) is 7.83. The first-order chi connectivity index (χ1) is 13.2. The lowest BCUT2D eigenvalue weighted by Crippen LogP contribution is -2.14. The maximum Gasteiger partial charge on any atom is 0.138 e. The van der Waals surface area contributed by atoms with Crippen LogP contribution in [0.2, 0.25) is 10.0 Å². The van der Waals surface area contributed by atoms with Crippen molar-refractivity contribution >= 4 is 51.2 Å². The van der Waals surface area contributed by atoms with Crippen molar-refractivity contribution in [1.82, 2.24) is 0 Å². The van der Waals surface area contributed by atoms with E-state index in [-0.39, 0.29) is 0 Å². The Morgan fingerprint density at radius 2 is 1.30 bits per heavy atom. The van der Waals surface area contributed by atoms with Crippen LogP contribution in [-0.2, 0) is 0 Å². The number of rotatable bonds is 3. The normalized spacial score (nSPS) is 11.6. The van der Waals surface area contributed by atoms with Gasteiger partial charge in [-0.1, -0.05) is 65.7 Å². The van der Waals surface area contributed by atoms with E-state index < -0.39 is 0 Å². The number of nitrogens with zero attached hydrogens (tertiary/aromatic N) is 1. The smallest absolute Gasteiger partial charge is 0.138 e. The lowest BCUT2D eigenvalue weighted by molar-refractivity contribution is 1.47. The number of hydrogen-bond acceptors (Lipinski definition) is 1. The highest BCUT2D eigenvalue weighted by atomic mass is 35.5. The summed E-state index contributed by atoms with van der Waals surface area (Å²) in [4.78, 5) is 4.85. The van der Waals surface area contributed by atoms with E-state index >= 15 is 0 Å². The van der Waals surface area contributed by atoms with Gasteiger partial charge in [-0.25, -0.2) is 4.99 Å². The Labute approximate surface area is 168 Å². The third kappa shape index (κ3) is 4.13. The number of halogens is 2. The molecule has 0 aliphatic carbocycles. The molecule has 0 atom stereocenters. The minimum absolute atomic E-state index is 0.686. The van der Waals surface area contributed by atoms with E-state index in [1.807, 2.05) is 66.7 Å². The van der Waals surface area contributed by atoms with Crippen molar-refractivity contribution in [3.8, 4) is 0 Å². The maximum atomic E-state index is 6.02. The summed E-state index contributed by atoms with van der Waals surface area (Å²) < 4.78 is 0. The second-order valence-corrected chi connectivity index (χ2v) is 6.97. The third-order valence-corrected chi connectivity index (χ3v) is 4.72. The monoisotopic (exact) mass is 390 g/mol. The average Bonchev–Trinajstić information content (AvgIpc) is 2.70. The van der Waals surface area contributed by atoms with Crippen LogP contribution in [0.4, 0.5) is 11.4 Å². The molecule has 0 amide bonds. The van der Waals surface area contributed by atoms with Gasteiger partial charge in [0, 0.05) is 21.3 Å². The second-order valence-electron chi connectivity index (χ2n) is 6.10. The molecule has 0 saturated heterocycles. The number of anilines is 1. The molecular weight excluding hydrogens is 375 g/mol. The Morgan fingerprint density at radius 1 is 0.667 bits per heavy atom. The molecule has 0 aliphatic rings. The fourth-order valence-corrected chi connectivity index (χ4v) is 3.15. The number of hydrogen-bond donors (Lipinski definition) is 1. The minimum atomic E-state index is 0.686. The molecule has 0 aliphatic heterocycles. The minimum Gasteiger partial charge on any atom is -0.340 e. The molecule has 4 aromatic carbocycles. The van der Waals surface area contributed by atoms with E-state index in [1.54, 1.807) is 0 Å². The van der Waals surface area contributed by atoms with Crippen molar-refractivity contribution in [2.45, 2.75) is 0 Å². The highest BCUT2D eigenvalue weighted by Gasteiger charge is 2.09. The Morgan fingerprint density at radius 3 is 2.04 bits per heavy atom. The van der Waals surface area contributed by atoms with Gasteiger partial charge >= 0.3 is 0 Å². The molecule has 132 valence electrons. The van der Waals surface area contributed by atoms with Gasteiger partial charge in [0.25, 0.3) is 0 Å². The maximum absolute atomic E-state index is 6.02. The zero-order valence-electron chi connectivity index (χ0n) is 14.4. The van der Waals surface area contributed by atoms with E-state index in [9.17, 15) is 0 Å². The van der Waals surface area contributed by atoms with Crippen LogP contribution in [0.15, 0.2) is 96.0 Å². The number of fused-ring (bicyclic) bond motifs is 1. The van der Waals surface area contributed by atoms with Gasteiger partial charge in [0.05, 0.1) is 5.69 Å². The van der Waals surface area contributed by atoms with Gasteiger partial charge in [-0.2, -0.15) is 0 Å². The molecule has 0 fully saturated rings. The topological polar surface area (TPSA) is 24.4 Å². The molecule has 4 heteroatoms. The quantitative estimate of drug-likeness (QED) is 0.287. The molecular formula is C23H16Cl2N2. The standard InChI is InChI=1S/C23H16Cl2N2/c24-17-8-12-19(13-9-17)26-23(27-20-14-10-18(25)11-15-20)22-7-3-5-16-4-1-2-6-21(16)22/h1-15H,(H,26,27). The number of nitrogens with one attached hydrogen (secondary N) is 1. The molecule has 4 aromatic rings. The number of benzene rings is 4. The van der Waals surface area contributed by atoms with Gasteiger partial charge in [0.1, 0.15) is 5.84 Å². The van der Waals surface area contributed by atoms with Crippen molar-refractivity contribution in [1.29, 1.82) is 0 Å². The summed E-state index contributed by atoms with van der Waals surface area (Å²) in [6.07, 6.45) is 0. The highest BCUT2D eigenvalue weighted by Crippen LogP contribution is 2.24. The molecule has 0 bridgehead atoms. The third-order valence-electron chi connectivity index (χ3n) is 4.22. The van der Waals surface area contributed by atoms with E-state index in [0.717, 1.165) is 33.5 Å². The molecule has 1 N–H and O–H groups in total. The van der Waals surface area contributed by atoms with Gasteiger partial charge in [-0.05, 0) is 59.3 Å². The van der Waals surface area contributed by atoms with Crippen molar-refractivity contribution in [2.75, 3.05) is 5.32 Å². The number of amidine groups is 1. The van der Waals surface area contributed by atoms with Gasteiger partial charge in [0.15, 0.2) is 0 Å². The van der Waals surface area contributed by atoms with Crippen LogP contribution in [0.1, 0.15) is 5.56 Å². The van der Waals surface area contributed by atoms with Crippen LogP contribution in [0.3, 0.4) is 0 Å². The first-order valence-corrected chi connectivity index (χ1v) is 9.30. The summed E-state index contributed by atoms with van der Waals surface area (Å²) in [7, 11) is 0. The summed E-state index contributed by atoms with van der Waals surface area (Å²) >= 11 is 12.0. The molecule has 0 saturated carbocycles. The first-order valence-electron chi connectivity index (χ1n) is 8.54. The van der Waals surface area contributed by atoms with Gasteiger partial charge in [0.2, 0.25) is 0 Å². The molecule has 27 heavy (non-hydrogen) atoms. The van der Waals surface area contributed by atoms with Crippen molar-refractivity contribution in [2.24, 2.45) is 4.99 Å². The fourth-order valence-electron chi connectivity index (χ4n) is 2.90. The first kappa shape index (κ1) is 17.6. The Kier molecular flexibility index (Phi) is 5.10. The van der Waals surface area contributed by atoms with Crippen molar-refractivity contribution < 1.29 is 0 Å². The zero-order valence-corrected chi connectivity index (χ0v) is 15.9. The van der Waals surface area contributed by atoms with E-state index in [4.69, 9.17) is 28.2 Å². The van der Waals surface area contributed by atoms with Crippen LogP contribution in [0, 0.1) is 0 Å². The van der Waals surface area contributed by atoms with Gasteiger partial charge < -0.3 is 5.32 Å². The largest absolute Gasteiger partial charge is 0.340 e. The summed E-state index contributed by atoms with van der Waals surface area (Å²) in [5.41, 5.74) is 2.77. The molecule has 0 spiro atoms. The lowest BCUT2D eigenvalue weighted by atomic mass is 10.0. The molecule has 2 nitrogen and oxygen atoms in total. The van der Waals surface area contributed by atoms with E-state index in [0.29, 0.717) is 10.0 Å². The van der Waals surface area contributed by atoms with Gasteiger partial charge in [-0.15, -0.1) is 0 Å². The van der Waals surface area contributed by atoms with Crippen LogP contribution in [0.25, 0.3) is 10.8 Å². The van der Waals surface area contributed by atoms with Crippen molar-refractivity contribution in [3.05, 3.63) is 107 Å². The van der Waals surface area contributed by atoms with E-state index in [2.05, 4.69) is 29.6 Å². The Bertz CT molecular complexity index is 1100. The number of aliphatic imine (C=N–C) groups is 1. The summed E-state index contributed by atoms with van der Waals surface area (Å²) in [5, 5.41) is 7.12. The fraction of sp³-hybridized carbons (Fsp3) is 0. The van der Waals surface area contributed by atoms with Crippen LogP contribution in [0.5, 0.6) is 0 Å². The van der Waals surface area contributed by atoms with Crippen LogP contribution < -0.4 is 5.32 Å². The molecule has 4 rings (SSSR count). The SMILES string of the molecule is Clc1ccc(N=C(Nc2ccc(Cl)cc2)c2cccc3ccccc23)cc1. The Balaban J connectivity index is 1.84. The predicted molar refractivity (Wildman–Crippen MR) is 117 cm³/mol. The Hall–Kier alpha value is -2.81. The summed E-state index contributed by atoms with van der Waals surface area (Å²) in [6, 6.07) is 29.5. The van der Waals surface area contributed by atoms with Crippen LogP contribution >= 0.6 is 23.2 Å². The molecule has 0 radical (unpaired) electrons. The zero-order chi connectivity index (χ0) is 18.6. The lowest BCUT2D eigenvalue weighted by Gasteiger charge is -2.13. The summed E-state index contributed by atoms with van der Waals surface area (Å²) in [5.74, 6) is 0.761. The highest BCUT2D eigenvalue weighted by molar-refractivity contribution is 6.31. The van der Waals surface area contributed by atoms with Gasteiger partial charge in [-0.3, -0.25) is 0 Å². The molecule has 0 heterocycles. The van der Waals surface area contributed by atoms with Crippen LogP contribution in [-0.4, -0.2) is 5.84 Å². The molecule has 0 unspecified atom stereocenters. The predicted octanol–water partition coefficient (Wildman–Crippen LogP) is 7.34. The average molecular weight is 391 g/mol. The van der Waals surface area contributed by atoms with Crippen molar-refractivity contribution in [3.63, 3.8) is 0 Å². The molecule has 0 aromatic heterocycles. The summed E-state index contributed by atoms with van der Waals surface area (Å²) in [6.45, 7) is 0. The van der Waals surface area contributed by atoms with E-state index in [1.165, 1.54) is 0 Å².